The van der Waals surface area contributed by atoms with Gasteiger partial charge >= 0.3 is 7.25 Å². The molecule has 30 heavy (non-hydrogen) atoms. The van der Waals surface area contributed by atoms with Crippen LogP contribution in [0.25, 0.3) is 16.5 Å². The van der Waals surface area contributed by atoms with Crippen LogP contribution in [0.15, 0.2) is 30.3 Å². The molecule has 0 fully saturated rings. The zero-order chi connectivity index (χ0) is 22.8. The van der Waals surface area contributed by atoms with Crippen molar-refractivity contribution in [3.8, 4) is 17.2 Å². The Kier molecular flexibility index (Phi) is 7.00. The van der Waals surface area contributed by atoms with E-state index in [1.165, 1.54) is 33.8 Å². The van der Waals surface area contributed by atoms with Crippen LogP contribution in [0.5, 0.6) is 11.5 Å². The summed E-state index contributed by atoms with van der Waals surface area (Å²) in [4.78, 5) is 0. The number of ether oxygens (including phenoxy) is 2. The highest BCUT2D eigenvalue weighted by atomic mass is 19.5. The molecule has 0 saturated heterocycles. The molecule has 1 aromatic heterocycles. The van der Waals surface area contributed by atoms with Crippen molar-refractivity contribution in [2.24, 2.45) is 0 Å². The zero-order valence-electron chi connectivity index (χ0n) is 18.2. The summed E-state index contributed by atoms with van der Waals surface area (Å²) >= 11 is 0. The summed E-state index contributed by atoms with van der Waals surface area (Å²) in [6.07, 6.45) is 0. The maximum Gasteiger partial charge on any atom is 0.673 e. The molecule has 0 aliphatic rings. The molecular formula is C22H26BF4NO2. The van der Waals surface area contributed by atoms with E-state index in [9.17, 15) is 17.3 Å². The van der Waals surface area contributed by atoms with Crippen LogP contribution in [-0.2, 0) is 0 Å². The Bertz CT molecular complexity index is 1050. The Morgan fingerprint density at radius 3 is 1.77 bits per heavy atom. The van der Waals surface area contributed by atoms with Crippen LogP contribution in [0, 0.1) is 34.6 Å². The summed E-state index contributed by atoms with van der Waals surface area (Å²) in [5.41, 5.74) is 7.46. The molecule has 0 atom stereocenters. The normalized spacial score (nSPS) is 11.2. The second-order valence-electron chi connectivity index (χ2n) is 7.24. The second-order valence-corrected chi connectivity index (χ2v) is 7.24. The van der Waals surface area contributed by atoms with E-state index in [2.05, 4.69) is 63.5 Å². The Morgan fingerprint density at radius 1 is 0.767 bits per heavy atom. The van der Waals surface area contributed by atoms with Crippen LogP contribution in [0.3, 0.4) is 0 Å². The third-order valence-corrected chi connectivity index (χ3v) is 4.84. The zero-order valence-corrected chi connectivity index (χ0v) is 18.2. The number of nitrogens with zero attached hydrogens (tertiary/aromatic N) is 1. The van der Waals surface area contributed by atoms with E-state index in [1.807, 2.05) is 6.07 Å². The van der Waals surface area contributed by atoms with Crippen molar-refractivity contribution in [3.63, 3.8) is 0 Å². The van der Waals surface area contributed by atoms with Gasteiger partial charge in [0.1, 0.15) is 11.5 Å². The quantitative estimate of drug-likeness (QED) is 0.294. The first kappa shape index (κ1) is 23.5. The van der Waals surface area contributed by atoms with Crippen LogP contribution >= 0.6 is 0 Å². The van der Waals surface area contributed by atoms with Gasteiger partial charge in [-0.05, 0) is 39.0 Å². The molecule has 0 radical (unpaired) electrons. The van der Waals surface area contributed by atoms with Crippen molar-refractivity contribution in [1.82, 2.24) is 0 Å². The first-order chi connectivity index (χ1) is 13.9. The molecular weight excluding hydrogens is 397 g/mol. The molecule has 0 N–H and O–H groups in total. The number of hydrogen-bond donors (Lipinski definition) is 0. The fourth-order valence-electron chi connectivity index (χ4n) is 3.93. The first-order valence-corrected chi connectivity index (χ1v) is 9.41. The van der Waals surface area contributed by atoms with Gasteiger partial charge in [0, 0.05) is 42.5 Å². The van der Waals surface area contributed by atoms with Crippen LogP contribution in [-0.4, -0.2) is 21.5 Å². The summed E-state index contributed by atoms with van der Waals surface area (Å²) in [7, 11) is -2.61. The van der Waals surface area contributed by atoms with Gasteiger partial charge < -0.3 is 26.7 Å². The lowest BCUT2D eigenvalue weighted by atomic mass is 10.0. The minimum absolute atomic E-state index is 0.809. The first-order valence-electron chi connectivity index (χ1n) is 9.41. The van der Waals surface area contributed by atoms with Crippen LogP contribution in [0.2, 0.25) is 0 Å². The molecule has 0 spiro atoms. The highest BCUT2D eigenvalue weighted by molar-refractivity contribution is 6.50. The van der Waals surface area contributed by atoms with Gasteiger partial charge in [-0.15, -0.1) is 0 Å². The summed E-state index contributed by atoms with van der Waals surface area (Å²) < 4.78 is 52.4. The molecule has 3 nitrogen and oxygen atoms in total. The van der Waals surface area contributed by atoms with Crippen molar-refractivity contribution in [2.45, 2.75) is 34.6 Å². The predicted octanol–water partition coefficient (Wildman–Crippen LogP) is 5.98. The molecule has 0 saturated carbocycles. The topological polar surface area (TPSA) is 22.3 Å². The Balaban J connectivity index is 0.000000575. The maximum absolute atomic E-state index is 9.75. The van der Waals surface area contributed by atoms with E-state index >= 15 is 0 Å². The maximum atomic E-state index is 9.75. The highest BCUT2D eigenvalue weighted by Gasteiger charge is 2.24. The van der Waals surface area contributed by atoms with Crippen LogP contribution in [0.4, 0.5) is 17.3 Å². The molecule has 0 unspecified atom stereocenters. The third kappa shape index (κ3) is 5.23. The number of aromatic nitrogens is 1. The van der Waals surface area contributed by atoms with Crippen molar-refractivity contribution >= 4 is 18.0 Å². The summed E-state index contributed by atoms with van der Waals surface area (Å²) in [5.74, 6) is 1.65. The molecule has 0 aliphatic carbocycles. The number of rotatable bonds is 3. The van der Waals surface area contributed by atoms with Gasteiger partial charge in [0.15, 0.2) is 11.4 Å². The highest BCUT2D eigenvalue weighted by Crippen LogP contribution is 2.33. The molecule has 8 heteroatoms. The lowest BCUT2D eigenvalue weighted by Crippen LogP contribution is -2.39. The number of hydrogen-bond acceptors (Lipinski definition) is 2. The van der Waals surface area contributed by atoms with Crippen molar-refractivity contribution in [3.05, 3.63) is 58.4 Å². The van der Waals surface area contributed by atoms with Gasteiger partial charge in [-0.2, -0.15) is 4.57 Å². The average molecular weight is 423 g/mol. The van der Waals surface area contributed by atoms with Gasteiger partial charge in [0.2, 0.25) is 5.69 Å². The smallest absolute Gasteiger partial charge is 0.497 e. The lowest BCUT2D eigenvalue weighted by molar-refractivity contribution is -0.608. The van der Waals surface area contributed by atoms with E-state index in [4.69, 9.17) is 9.47 Å². The fraction of sp³-hybridized carbons (Fsp3) is 0.318. The van der Waals surface area contributed by atoms with Gasteiger partial charge in [-0.3, -0.25) is 0 Å². The minimum atomic E-state index is -6.00. The van der Waals surface area contributed by atoms with E-state index < -0.39 is 7.25 Å². The fourth-order valence-corrected chi connectivity index (χ4v) is 3.93. The Labute approximate surface area is 174 Å². The summed E-state index contributed by atoms with van der Waals surface area (Å²) in [6, 6.07) is 10.7. The SMILES string of the molecule is COc1cc(OC)c2c(C)[n+](-c3c(C)cc(C)cc3C)c(C)cc2c1.F[B-](F)(F)F. The minimum Gasteiger partial charge on any atom is -0.497 e. The molecule has 3 rings (SSSR count). The molecule has 1 heterocycles. The van der Waals surface area contributed by atoms with Crippen LogP contribution < -0.4 is 14.0 Å². The molecule has 0 amide bonds. The molecule has 3 aromatic rings. The summed E-state index contributed by atoms with van der Waals surface area (Å²) in [6.45, 7) is 10.8. The third-order valence-electron chi connectivity index (χ3n) is 4.84. The monoisotopic (exact) mass is 423 g/mol. The van der Waals surface area contributed by atoms with Crippen molar-refractivity contribution in [2.75, 3.05) is 14.2 Å². The lowest BCUT2D eigenvalue weighted by Gasteiger charge is -2.14. The van der Waals surface area contributed by atoms with E-state index in [1.54, 1.807) is 14.2 Å². The molecule has 0 aliphatic heterocycles. The van der Waals surface area contributed by atoms with E-state index in [0.29, 0.717) is 0 Å². The second kappa shape index (κ2) is 8.94. The van der Waals surface area contributed by atoms with Crippen molar-refractivity contribution < 1.29 is 31.3 Å². The van der Waals surface area contributed by atoms with Gasteiger partial charge in [-0.1, -0.05) is 5.56 Å². The molecule has 162 valence electrons. The standard InChI is InChI=1S/C22H26NO2.BF4/c1-13-8-14(2)22(15(3)9-13)23-16(4)10-18-11-19(24-6)12-20(25-7)21(18)17(23)5;2-1(3,4)5/h8-12H,1-7H3;/q+1;-1. The number of methoxy groups -OCH3 is 2. The largest absolute Gasteiger partial charge is 0.673 e. The van der Waals surface area contributed by atoms with Gasteiger partial charge in [-0.25, -0.2) is 0 Å². The van der Waals surface area contributed by atoms with Crippen molar-refractivity contribution in [1.29, 1.82) is 0 Å². The number of fused-ring (bicyclic) bond motifs is 1. The molecule has 0 bridgehead atoms. The Morgan fingerprint density at radius 2 is 1.30 bits per heavy atom. The number of benzene rings is 2. The predicted molar refractivity (Wildman–Crippen MR) is 112 cm³/mol. The van der Waals surface area contributed by atoms with Gasteiger partial charge in [0.05, 0.1) is 19.6 Å². The van der Waals surface area contributed by atoms with E-state index in [-0.39, 0.29) is 0 Å². The average Bonchev–Trinajstić information content (AvgIpc) is 2.60. The molecule has 2 aromatic carbocycles. The Hall–Kier alpha value is -2.77. The number of halogens is 4. The van der Waals surface area contributed by atoms with Gasteiger partial charge in [0.25, 0.3) is 0 Å². The van der Waals surface area contributed by atoms with Crippen LogP contribution in [0.1, 0.15) is 28.1 Å². The summed E-state index contributed by atoms with van der Waals surface area (Å²) in [5, 5.41) is 2.25. The number of pyridine rings is 1. The van der Waals surface area contributed by atoms with E-state index in [0.717, 1.165) is 22.3 Å². The number of aryl methyl sites for hydroxylation is 5.